The summed E-state index contributed by atoms with van der Waals surface area (Å²) in [5, 5.41) is 2.91. The summed E-state index contributed by atoms with van der Waals surface area (Å²) in [4.78, 5) is 14.5. The number of aryl methyl sites for hydroxylation is 2. The van der Waals surface area contributed by atoms with Gasteiger partial charge in [0.1, 0.15) is 16.3 Å². The quantitative estimate of drug-likeness (QED) is 0.0317. The molecule has 0 saturated carbocycles. The summed E-state index contributed by atoms with van der Waals surface area (Å²) in [5.41, 5.74) is 4.22. The van der Waals surface area contributed by atoms with E-state index in [4.69, 9.17) is 21.1 Å². The van der Waals surface area contributed by atoms with E-state index in [0.717, 1.165) is 78.9 Å². The number of carbonyl (C=O) groups is 1. The van der Waals surface area contributed by atoms with Gasteiger partial charge in [-0.1, -0.05) is 50.3 Å². The van der Waals surface area contributed by atoms with E-state index >= 15 is 0 Å². The van der Waals surface area contributed by atoms with Gasteiger partial charge in [-0.3, -0.25) is 18.5 Å². The zero-order valence-electron chi connectivity index (χ0n) is 39.2. The molecule has 67 heavy (non-hydrogen) atoms. The zero-order valence-corrected chi connectivity index (χ0v) is 44.4. The Morgan fingerprint density at radius 1 is 0.776 bits per heavy atom. The van der Waals surface area contributed by atoms with Gasteiger partial charge in [-0.2, -0.15) is 29.8 Å². The van der Waals surface area contributed by atoms with Crippen molar-refractivity contribution in [2.45, 2.75) is 137 Å². The van der Waals surface area contributed by atoms with Crippen LogP contribution >= 0.6 is 11.6 Å². The van der Waals surface area contributed by atoms with Crippen LogP contribution in [0, 0.1) is 0 Å². The smallest absolute Gasteiger partial charge is 0.379 e. The molecule has 4 N–H and O–H groups in total. The molecule has 2 unspecified atom stereocenters. The number of anilines is 1. The minimum absolute atomic E-state index is 0. The average molecular weight is 1020 g/mol. The molecule has 4 heterocycles. The number of nitrogens with zero attached hydrogens (tertiary/aromatic N) is 2. The van der Waals surface area contributed by atoms with Gasteiger partial charge in [0.15, 0.2) is 5.71 Å². The minimum Gasteiger partial charge on any atom is -0.379 e. The summed E-state index contributed by atoms with van der Waals surface area (Å²) in [6, 6.07) is 6.45. The first kappa shape index (κ1) is 55.7. The number of ether oxygens (including phenoxy) is 2. The Kier molecular flexibility index (Phi) is 20.2. The van der Waals surface area contributed by atoms with Crippen LogP contribution in [0.3, 0.4) is 0 Å². The minimum atomic E-state index is -4.66. The molecular weight excluding hydrogens is 953 g/mol. The Morgan fingerprint density at radius 2 is 1.40 bits per heavy atom. The number of unbranched alkanes of at least 4 members (excludes halogenated alkanes) is 6. The topological polar surface area (TPSA) is 217 Å². The first-order chi connectivity index (χ1) is 31.3. The molecule has 1 amide bonds. The molecule has 0 saturated heterocycles. The van der Waals surface area contributed by atoms with Crippen LogP contribution in [0.25, 0.3) is 0 Å². The summed E-state index contributed by atoms with van der Waals surface area (Å²) >= 11 is 5.71. The van der Waals surface area contributed by atoms with Gasteiger partial charge in [0.2, 0.25) is 11.6 Å². The molecule has 4 aliphatic rings. The number of alkyl halides is 1. The van der Waals surface area contributed by atoms with Gasteiger partial charge in [-0.05, 0) is 95.4 Å². The molecule has 366 valence electrons. The molecule has 0 radical (unpaired) electrons. The second kappa shape index (κ2) is 24.3. The number of amides is 1. The number of halogens is 1. The van der Waals surface area contributed by atoms with E-state index in [2.05, 4.69) is 14.8 Å². The Labute approximate surface area is 424 Å². The van der Waals surface area contributed by atoms with Crippen molar-refractivity contribution in [3.05, 3.63) is 70.4 Å². The predicted octanol–water partition coefficient (Wildman–Crippen LogP) is 4.61. The molecule has 0 aromatic heterocycles. The fourth-order valence-corrected chi connectivity index (χ4v) is 12.9. The molecule has 6 rings (SSSR count). The third-order valence-electron chi connectivity index (χ3n) is 13.5. The number of benzene rings is 2. The van der Waals surface area contributed by atoms with Crippen LogP contribution in [0.1, 0.15) is 126 Å². The second-order valence-electron chi connectivity index (χ2n) is 18.3. The van der Waals surface area contributed by atoms with E-state index in [1.165, 1.54) is 12.1 Å². The van der Waals surface area contributed by atoms with Gasteiger partial charge in [-0.15, -0.1) is 11.6 Å². The third kappa shape index (κ3) is 13.6. The summed E-state index contributed by atoms with van der Waals surface area (Å²) in [6.07, 6.45) is 16.7. The van der Waals surface area contributed by atoms with Crippen LogP contribution in [0.4, 0.5) is 11.4 Å². The van der Waals surface area contributed by atoms with Crippen molar-refractivity contribution in [1.29, 1.82) is 0 Å². The zero-order chi connectivity index (χ0) is 47.8. The maximum Gasteiger partial charge on any atom is 1.00 e. The second-order valence-corrected chi connectivity index (χ2v) is 23.0. The number of rotatable bonds is 27. The van der Waals surface area contributed by atoms with Gasteiger partial charge < -0.3 is 19.7 Å². The molecule has 0 bridgehead atoms. The van der Waals surface area contributed by atoms with Crippen molar-refractivity contribution in [2.75, 3.05) is 62.6 Å². The summed E-state index contributed by atoms with van der Waals surface area (Å²) < 4.78 is 119. The van der Waals surface area contributed by atoms with Crippen LogP contribution in [0.2, 0.25) is 0 Å². The van der Waals surface area contributed by atoms with Crippen molar-refractivity contribution in [3.8, 4) is 0 Å². The van der Waals surface area contributed by atoms with E-state index in [1.54, 1.807) is 12.1 Å². The van der Waals surface area contributed by atoms with Gasteiger partial charge in [0.05, 0.1) is 36.6 Å². The maximum absolute atomic E-state index is 13.0. The van der Waals surface area contributed by atoms with Crippen molar-refractivity contribution >= 4 is 64.9 Å². The fourth-order valence-electron chi connectivity index (χ4n) is 10.5. The number of hydrogen-bond donors (Lipinski definition) is 4. The number of nitrogens with one attached hydrogen (secondary N) is 1. The van der Waals surface area contributed by atoms with Crippen molar-refractivity contribution < 1.29 is 87.3 Å². The SMILES string of the molecule is CC1(CCCCCC(=O)NCCOCCOCCCCCCCl)C(/C=C/C=C2\N3CCCc4ccc(S(=O)(=O)O)c(c43)C2(C)CCCCS(=O)(=O)O)=[N+]2CCCc3ccc(S(=O)(=O)O)c1c32.[Na+]. The Balaban J connectivity index is 0.00000840. The summed E-state index contributed by atoms with van der Waals surface area (Å²) in [7, 11) is -13.5. The van der Waals surface area contributed by atoms with Gasteiger partial charge in [-0.25, -0.2) is 0 Å². The van der Waals surface area contributed by atoms with Crippen molar-refractivity contribution in [2.24, 2.45) is 0 Å². The Morgan fingerprint density at radius 3 is 2.10 bits per heavy atom. The fraction of sp³-hybridized carbons (Fsp3) is 0.617. The van der Waals surface area contributed by atoms with Gasteiger partial charge in [0, 0.05) is 72.4 Å². The van der Waals surface area contributed by atoms with Crippen LogP contribution in [-0.2, 0) is 68.3 Å². The predicted molar refractivity (Wildman–Crippen MR) is 255 cm³/mol. The Hall–Kier alpha value is -2.20. The molecule has 2 aromatic rings. The molecule has 0 spiro atoms. The first-order valence-electron chi connectivity index (χ1n) is 23.3. The standard InChI is InChI=1S/C47H66ClN3O12S3.Na/c1-46(24-7-5-6-19-41(52)49-27-31-63-33-32-62-30-10-4-3-9-26-48)39(50-28-13-15-35-20-22-37(65(56,57)58)42(46)44(35)50)17-12-18-40-47(2,25-8-11-34-64(53,54)55)43-38(66(59,60)61)23-21-36-16-14-29-51(40)45(36)43;/h12,17-18,20-23H,3-11,13-16,19,24-34H2,1-2H3,(H3-,49,52,53,54,55,56,57,58,59,60,61);/q;+1/p+1. The van der Waals surface area contributed by atoms with Crippen LogP contribution in [-0.4, -0.2) is 113 Å². The van der Waals surface area contributed by atoms with E-state index in [0.29, 0.717) is 114 Å². The van der Waals surface area contributed by atoms with Crippen LogP contribution < -0.4 is 39.8 Å². The molecule has 4 aliphatic heterocycles. The van der Waals surface area contributed by atoms with E-state index < -0.39 is 46.9 Å². The number of allylic oxidation sites excluding steroid dienone is 4. The van der Waals surface area contributed by atoms with Gasteiger partial charge >= 0.3 is 29.6 Å². The maximum atomic E-state index is 13.0. The number of hydrogen-bond acceptors (Lipinski definition) is 10. The Bertz CT molecular complexity index is 2530. The van der Waals surface area contributed by atoms with E-state index in [1.807, 2.05) is 32.1 Å². The monoisotopic (exact) mass is 1020 g/mol. The molecule has 20 heteroatoms. The van der Waals surface area contributed by atoms with Crippen LogP contribution in [0.15, 0.2) is 58.0 Å². The van der Waals surface area contributed by atoms with Crippen LogP contribution in [0.5, 0.6) is 0 Å². The van der Waals surface area contributed by atoms with Crippen molar-refractivity contribution in [3.63, 3.8) is 0 Å². The number of carbonyl (C=O) groups excluding carboxylic acids is 1. The molecule has 0 aliphatic carbocycles. The molecular formula is C47H67ClN3NaO12S3+2. The summed E-state index contributed by atoms with van der Waals surface area (Å²) in [5.74, 6) is 0.167. The average Bonchev–Trinajstić information content (AvgIpc) is 3.65. The molecule has 2 atom stereocenters. The largest absolute Gasteiger partial charge is 1.00 e. The first-order valence-corrected chi connectivity index (χ1v) is 28.4. The van der Waals surface area contributed by atoms with E-state index in [-0.39, 0.29) is 51.7 Å². The van der Waals surface area contributed by atoms with E-state index in [9.17, 15) is 43.7 Å². The van der Waals surface area contributed by atoms with Crippen molar-refractivity contribution in [1.82, 2.24) is 5.32 Å². The molecule has 2 aromatic carbocycles. The third-order valence-corrected chi connectivity index (χ3v) is 16.4. The molecule has 15 nitrogen and oxygen atoms in total. The van der Waals surface area contributed by atoms with Gasteiger partial charge in [0.25, 0.3) is 30.4 Å². The summed E-state index contributed by atoms with van der Waals surface area (Å²) in [6.45, 7) is 7.53. The molecule has 0 fully saturated rings. The normalized spacial score (nSPS) is 20.7.